The van der Waals surface area contributed by atoms with Gasteiger partial charge in [0.2, 0.25) is 0 Å². The number of aromatic nitrogens is 2. The number of hydrogen-bond donors (Lipinski definition) is 2. The smallest absolute Gasteiger partial charge is 0.260 e. The van der Waals surface area contributed by atoms with Gasteiger partial charge in [-0.1, -0.05) is 31.2 Å². The molecule has 0 bridgehead atoms. The number of anilines is 3. The molecule has 0 aliphatic carbocycles. The van der Waals surface area contributed by atoms with Crippen LogP contribution >= 0.6 is 11.5 Å². The molecule has 0 saturated heterocycles. The van der Waals surface area contributed by atoms with E-state index in [1.807, 2.05) is 43.3 Å². The zero-order valence-electron chi connectivity index (χ0n) is 15.3. The van der Waals surface area contributed by atoms with Crippen LogP contribution in [0.25, 0.3) is 0 Å². The van der Waals surface area contributed by atoms with Crippen molar-refractivity contribution < 1.29 is 4.79 Å². The number of aryl methyl sites for hydroxylation is 2. The van der Waals surface area contributed by atoms with Gasteiger partial charge in [0.05, 0.1) is 17.8 Å². The minimum absolute atomic E-state index is 0.191. The maximum Gasteiger partial charge on any atom is 0.260 e. The normalized spacial score (nSPS) is 10.4. The average Bonchev–Trinajstić information content (AvgIpc) is 3.04. The molecule has 0 saturated carbocycles. The Balaban J connectivity index is 1.89. The van der Waals surface area contributed by atoms with Crippen molar-refractivity contribution in [2.75, 3.05) is 10.6 Å². The lowest BCUT2D eigenvalue weighted by Gasteiger charge is -2.12. The monoisotopic (exact) mass is 379 g/mol. The van der Waals surface area contributed by atoms with Gasteiger partial charge < -0.3 is 10.6 Å². The first kappa shape index (κ1) is 18.7. The molecule has 1 aromatic carbocycles. The summed E-state index contributed by atoms with van der Waals surface area (Å²) in [4.78, 5) is 21.2. The predicted octanol–water partition coefficient (Wildman–Crippen LogP) is 4.61. The van der Waals surface area contributed by atoms with Crippen LogP contribution in [0.4, 0.5) is 16.5 Å². The lowest BCUT2D eigenvalue weighted by molar-refractivity contribution is 0.102. The van der Waals surface area contributed by atoms with Gasteiger partial charge in [0, 0.05) is 17.4 Å². The number of nitrogens with one attached hydrogen (secondary N) is 2. The zero-order chi connectivity index (χ0) is 19.2. The van der Waals surface area contributed by atoms with Crippen LogP contribution in [0.15, 0.2) is 47.6 Å². The third-order valence-electron chi connectivity index (χ3n) is 4.14. The van der Waals surface area contributed by atoms with Crippen molar-refractivity contribution in [3.63, 3.8) is 0 Å². The van der Waals surface area contributed by atoms with Crippen LogP contribution in [0.3, 0.4) is 0 Å². The average molecular weight is 379 g/mol. The van der Waals surface area contributed by atoms with E-state index in [0.717, 1.165) is 23.2 Å². The van der Waals surface area contributed by atoms with Crippen LogP contribution in [0, 0.1) is 6.92 Å². The summed E-state index contributed by atoms with van der Waals surface area (Å²) in [5, 5.41) is 6.90. The molecular weight excluding hydrogens is 358 g/mol. The molecule has 2 aromatic heterocycles. The molecule has 0 aliphatic heterocycles. The Labute approximate surface area is 162 Å². The summed E-state index contributed by atoms with van der Waals surface area (Å²) in [5.74, 6) is 0.459. The molecule has 0 radical (unpaired) electrons. The summed E-state index contributed by atoms with van der Waals surface area (Å²) in [6.45, 7) is 7.87. The van der Waals surface area contributed by atoms with E-state index < -0.39 is 0 Å². The molecule has 1 amide bonds. The zero-order valence-corrected chi connectivity index (χ0v) is 16.1. The Hall–Kier alpha value is -3.06. The molecule has 0 fully saturated rings. The molecule has 7 heteroatoms. The number of nitrogens with zero attached hydrogens (tertiary/aromatic N) is 3. The van der Waals surface area contributed by atoms with Gasteiger partial charge in [0.25, 0.3) is 5.91 Å². The molecule has 27 heavy (non-hydrogen) atoms. The molecule has 3 aromatic rings. The van der Waals surface area contributed by atoms with Gasteiger partial charge in [0.1, 0.15) is 10.8 Å². The van der Waals surface area contributed by atoms with Crippen molar-refractivity contribution in [1.29, 1.82) is 0 Å². The van der Waals surface area contributed by atoms with E-state index in [0.29, 0.717) is 28.6 Å². The molecule has 6 nitrogen and oxygen atoms in total. The summed E-state index contributed by atoms with van der Waals surface area (Å²) in [6, 6.07) is 11.6. The maximum absolute atomic E-state index is 13.0. The number of para-hydroxylation sites is 1. The van der Waals surface area contributed by atoms with Crippen LogP contribution in [0.5, 0.6) is 0 Å². The Morgan fingerprint density at radius 3 is 2.78 bits per heavy atom. The molecule has 0 unspecified atom stereocenters. The highest BCUT2D eigenvalue weighted by Gasteiger charge is 2.20. The Morgan fingerprint density at radius 2 is 2.00 bits per heavy atom. The summed E-state index contributed by atoms with van der Waals surface area (Å²) in [7, 11) is 0. The van der Waals surface area contributed by atoms with Gasteiger partial charge in [-0.2, -0.15) is 4.37 Å². The fourth-order valence-corrected chi connectivity index (χ4v) is 3.56. The summed E-state index contributed by atoms with van der Waals surface area (Å²) >= 11 is 1.24. The molecule has 138 valence electrons. The van der Waals surface area contributed by atoms with Gasteiger partial charge >= 0.3 is 0 Å². The Bertz CT molecular complexity index is 967. The number of carbonyl (C=O) groups excluding carboxylic acids is 1. The van der Waals surface area contributed by atoms with E-state index in [4.69, 9.17) is 0 Å². The van der Waals surface area contributed by atoms with Crippen molar-refractivity contribution >= 4 is 40.7 Å². The van der Waals surface area contributed by atoms with Crippen molar-refractivity contribution in [2.24, 2.45) is 4.99 Å². The van der Waals surface area contributed by atoms with E-state index in [1.54, 1.807) is 6.20 Å². The number of carbonyl (C=O) groups is 1. The first-order valence-electron chi connectivity index (χ1n) is 8.63. The van der Waals surface area contributed by atoms with Crippen LogP contribution in [0.1, 0.15) is 34.1 Å². The minimum atomic E-state index is -0.191. The number of hydrogen-bond acceptors (Lipinski definition) is 6. The van der Waals surface area contributed by atoms with Crippen LogP contribution in [0.2, 0.25) is 0 Å². The molecule has 0 spiro atoms. The van der Waals surface area contributed by atoms with E-state index in [1.165, 1.54) is 11.5 Å². The van der Waals surface area contributed by atoms with Gasteiger partial charge in [-0.15, -0.1) is 0 Å². The largest absolute Gasteiger partial charge is 0.330 e. The van der Waals surface area contributed by atoms with Crippen molar-refractivity contribution in [2.45, 2.75) is 26.8 Å². The number of benzene rings is 1. The van der Waals surface area contributed by atoms with Crippen molar-refractivity contribution in [1.82, 2.24) is 9.36 Å². The fourth-order valence-electron chi connectivity index (χ4n) is 2.76. The van der Waals surface area contributed by atoms with E-state index in [2.05, 4.69) is 38.6 Å². The number of rotatable bonds is 7. The first-order chi connectivity index (χ1) is 13.1. The van der Waals surface area contributed by atoms with E-state index >= 15 is 0 Å². The molecule has 0 aliphatic rings. The second kappa shape index (κ2) is 8.55. The highest BCUT2D eigenvalue weighted by atomic mass is 32.1. The fraction of sp³-hybridized carbons (Fsp3) is 0.200. The van der Waals surface area contributed by atoms with Gasteiger partial charge in [0.15, 0.2) is 0 Å². The first-order valence-corrected chi connectivity index (χ1v) is 9.40. The highest BCUT2D eigenvalue weighted by Crippen LogP contribution is 2.30. The second-order valence-corrected chi connectivity index (χ2v) is 6.73. The number of pyridine rings is 1. The summed E-state index contributed by atoms with van der Waals surface area (Å²) in [6.07, 6.45) is 2.54. The molecule has 0 atom stereocenters. The highest BCUT2D eigenvalue weighted by molar-refractivity contribution is 7.10. The lowest BCUT2D eigenvalue weighted by Crippen LogP contribution is -2.15. The Kier molecular flexibility index (Phi) is 5.93. The van der Waals surface area contributed by atoms with E-state index in [-0.39, 0.29) is 5.91 Å². The Morgan fingerprint density at radius 1 is 1.22 bits per heavy atom. The topological polar surface area (TPSA) is 79.3 Å². The number of amides is 1. The lowest BCUT2D eigenvalue weighted by atomic mass is 10.1. The predicted molar refractivity (Wildman–Crippen MR) is 111 cm³/mol. The van der Waals surface area contributed by atoms with Gasteiger partial charge in [-0.25, -0.2) is 4.98 Å². The molecular formula is C20H21N5OS. The SMILES string of the molecule is C=NCc1cccnc1Nc1snc(C)c1C(=O)Nc1ccccc1CC. The summed E-state index contributed by atoms with van der Waals surface area (Å²) in [5.41, 5.74) is 4.00. The van der Waals surface area contributed by atoms with Crippen LogP contribution < -0.4 is 10.6 Å². The quantitative estimate of drug-likeness (QED) is 0.588. The maximum atomic E-state index is 13.0. The third kappa shape index (κ3) is 4.20. The summed E-state index contributed by atoms with van der Waals surface area (Å²) < 4.78 is 4.35. The van der Waals surface area contributed by atoms with Gasteiger partial charge in [-0.3, -0.25) is 9.79 Å². The molecule has 2 N–H and O–H groups in total. The van der Waals surface area contributed by atoms with Crippen molar-refractivity contribution in [3.05, 3.63) is 65.0 Å². The van der Waals surface area contributed by atoms with Crippen molar-refractivity contribution in [3.8, 4) is 0 Å². The standard InChI is InChI=1S/C20H21N5OS/c1-4-14-8-5-6-10-16(14)23-19(26)17-13(2)25-27-20(17)24-18-15(12-21-3)9-7-11-22-18/h5-11H,3-4,12H2,1-2H3,(H,22,24)(H,23,26). The van der Waals surface area contributed by atoms with E-state index in [9.17, 15) is 4.79 Å². The molecule has 3 rings (SSSR count). The minimum Gasteiger partial charge on any atom is -0.330 e. The van der Waals surface area contributed by atoms with Crippen LogP contribution in [-0.4, -0.2) is 22.0 Å². The number of aliphatic imine (C=N–C) groups is 1. The van der Waals surface area contributed by atoms with Crippen LogP contribution in [-0.2, 0) is 13.0 Å². The third-order valence-corrected chi connectivity index (χ3v) is 5.00. The molecule has 2 heterocycles. The second-order valence-electron chi connectivity index (χ2n) is 5.95. The van der Waals surface area contributed by atoms with Gasteiger partial charge in [-0.05, 0) is 49.3 Å².